The quantitative estimate of drug-likeness (QED) is 0.682. The van der Waals surface area contributed by atoms with Gasteiger partial charge in [-0.2, -0.15) is 0 Å². The van der Waals surface area contributed by atoms with Crippen LogP contribution in [0.2, 0.25) is 5.02 Å². The number of hydrogen-bond donors (Lipinski definition) is 1. The molecule has 1 aliphatic carbocycles. The summed E-state index contributed by atoms with van der Waals surface area (Å²) in [7, 11) is 0. The number of nitro benzene ring substituents is 1. The van der Waals surface area contributed by atoms with Crippen LogP contribution in [0.3, 0.4) is 0 Å². The van der Waals surface area contributed by atoms with Crippen LogP contribution >= 0.6 is 11.6 Å². The molecule has 1 saturated carbocycles. The van der Waals surface area contributed by atoms with Crippen molar-refractivity contribution in [1.29, 1.82) is 0 Å². The van der Waals surface area contributed by atoms with Crippen LogP contribution in [0.25, 0.3) is 0 Å². The van der Waals surface area contributed by atoms with Crippen molar-refractivity contribution < 1.29 is 9.72 Å². The molecule has 1 atom stereocenters. The Kier molecular flexibility index (Phi) is 4.60. The fourth-order valence-electron chi connectivity index (χ4n) is 2.74. The summed E-state index contributed by atoms with van der Waals surface area (Å²) in [6, 6.07) is 4.41. The third-order valence-corrected chi connectivity index (χ3v) is 4.18. The molecule has 6 heteroatoms. The highest BCUT2D eigenvalue weighted by Crippen LogP contribution is 2.30. The van der Waals surface area contributed by atoms with Gasteiger partial charge in [0.15, 0.2) is 0 Å². The van der Waals surface area contributed by atoms with Crippen molar-refractivity contribution in [2.24, 2.45) is 5.92 Å². The van der Waals surface area contributed by atoms with Crippen LogP contribution in [0.15, 0.2) is 18.2 Å². The molecule has 1 aromatic carbocycles. The van der Waals surface area contributed by atoms with Crippen LogP contribution < -0.4 is 5.32 Å². The minimum absolute atomic E-state index is 0.0172. The zero-order valence-corrected chi connectivity index (χ0v) is 12.0. The first-order valence-corrected chi connectivity index (χ1v) is 7.12. The molecule has 0 heterocycles. The molecule has 1 aromatic rings. The van der Waals surface area contributed by atoms with E-state index in [1.165, 1.54) is 25.0 Å². The van der Waals surface area contributed by atoms with E-state index in [2.05, 4.69) is 5.32 Å². The van der Waals surface area contributed by atoms with E-state index in [1.54, 1.807) is 6.07 Å². The van der Waals surface area contributed by atoms with Gasteiger partial charge in [-0.1, -0.05) is 30.5 Å². The molecule has 0 radical (unpaired) electrons. The topological polar surface area (TPSA) is 72.2 Å². The molecule has 2 rings (SSSR count). The molecule has 5 nitrogen and oxygen atoms in total. The molecule has 0 aromatic heterocycles. The Morgan fingerprint density at radius 2 is 2.10 bits per heavy atom. The van der Waals surface area contributed by atoms with Crippen LogP contribution in [0.5, 0.6) is 0 Å². The lowest BCUT2D eigenvalue weighted by Gasteiger charge is -2.20. The number of benzene rings is 1. The molecule has 0 saturated heterocycles. The van der Waals surface area contributed by atoms with Crippen molar-refractivity contribution in [3.63, 3.8) is 0 Å². The largest absolute Gasteiger partial charge is 0.349 e. The van der Waals surface area contributed by atoms with E-state index < -0.39 is 10.8 Å². The van der Waals surface area contributed by atoms with Gasteiger partial charge < -0.3 is 5.32 Å². The molecule has 1 amide bonds. The highest BCUT2D eigenvalue weighted by Gasteiger charge is 2.27. The summed E-state index contributed by atoms with van der Waals surface area (Å²) in [6.45, 7) is 1.95. The number of para-hydroxylation sites is 1. The van der Waals surface area contributed by atoms with Gasteiger partial charge in [-0.3, -0.25) is 14.9 Å². The number of carbonyl (C=O) groups is 1. The van der Waals surface area contributed by atoms with Crippen molar-refractivity contribution in [3.05, 3.63) is 38.9 Å². The third kappa shape index (κ3) is 3.10. The molecule has 1 N–H and O–H groups in total. The van der Waals surface area contributed by atoms with E-state index in [-0.39, 0.29) is 22.3 Å². The maximum atomic E-state index is 12.2. The number of rotatable bonds is 4. The van der Waals surface area contributed by atoms with Gasteiger partial charge in [0.1, 0.15) is 10.6 Å². The SMILES string of the molecule is CC(NC(=O)c1cccc(Cl)c1[N+](=O)[O-])C1CCCC1. The summed E-state index contributed by atoms with van der Waals surface area (Å²) in [5.41, 5.74) is -0.308. The number of nitrogens with zero attached hydrogens (tertiary/aromatic N) is 1. The average Bonchev–Trinajstić information content (AvgIpc) is 2.91. The average molecular weight is 297 g/mol. The fourth-order valence-corrected chi connectivity index (χ4v) is 2.99. The predicted octanol–water partition coefficient (Wildman–Crippen LogP) is 3.56. The van der Waals surface area contributed by atoms with Crippen molar-refractivity contribution in [3.8, 4) is 0 Å². The molecule has 0 aliphatic heterocycles. The van der Waals surface area contributed by atoms with Crippen LogP contribution in [-0.2, 0) is 0 Å². The van der Waals surface area contributed by atoms with Crippen molar-refractivity contribution in [2.75, 3.05) is 0 Å². The zero-order chi connectivity index (χ0) is 14.7. The monoisotopic (exact) mass is 296 g/mol. The zero-order valence-electron chi connectivity index (χ0n) is 11.3. The summed E-state index contributed by atoms with van der Waals surface area (Å²) in [5, 5.41) is 13.9. The van der Waals surface area contributed by atoms with Gasteiger partial charge in [0.25, 0.3) is 5.91 Å². The first-order valence-electron chi connectivity index (χ1n) is 6.74. The molecule has 0 spiro atoms. The van der Waals surface area contributed by atoms with Crippen LogP contribution in [0.1, 0.15) is 43.0 Å². The number of halogens is 1. The standard InChI is InChI=1S/C14H17ClN2O3/c1-9(10-5-2-3-6-10)16-14(18)11-7-4-8-12(15)13(11)17(19)20/h4,7-10H,2-3,5-6H2,1H3,(H,16,18). The van der Waals surface area contributed by atoms with E-state index in [0.29, 0.717) is 5.92 Å². The minimum atomic E-state index is -0.614. The van der Waals surface area contributed by atoms with E-state index in [0.717, 1.165) is 12.8 Å². The summed E-state index contributed by atoms with van der Waals surface area (Å²) >= 11 is 5.81. The van der Waals surface area contributed by atoms with E-state index >= 15 is 0 Å². The molecule has 108 valence electrons. The molecule has 20 heavy (non-hydrogen) atoms. The number of carbonyl (C=O) groups excluding carboxylic acids is 1. The van der Waals surface area contributed by atoms with Gasteiger partial charge >= 0.3 is 5.69 Å². The Hall–Kier alpha value is -1.62. The van der Waals surface area contributed by atoms with Crippen molar-refractivity contribution in [1.82, 2.24) is 5.32 Å². The Balaban J connectivity index is 2.16. The predicted molar refractivity (Wildman–Crippen MR) is 77.0 cm³/mol. The highest BCUT2D eigenvalue weighted by atomic mass is 35.5. The first kappa shape index (κ1) is 14.8. The number of hydrogen-bond acceptors (Lipinski definition) is 3. The molecular formula is C14H17ClN2O3. The fraction of sp³-hybridized carbons (Fsp3) is 0.500. The van der Waals surface area contributed by atoms with Crippen molar-refractivity contribution in [2.45, 2.75) is 38.6 Å². The van der Waals surface area contributed by atoms with Crippen LogP contribution in [0.4, 0.5) is 5.69 Å². The third-order valence-electron chi connectivity index (χ3n) is 3.88. The number of amides is 1. The van der Waals surface area contributed by atoms with E-state index in [9.17, 15) is 14.9 Å². The second-order valence-corrected chi connectivity index (χ2v) is 5.61. The Labute approximate surface area is 122 Å². The normalized spacial score (nSPS) is 16.9. The second kappa shape index (κ2) is 6.22. The van der Waals surface area contributed by atoms with E-state index in [1.807, 2.05) is 6.92 Å². The maximum absolute atomic E-state index is 12.2. The smallest absolute Gasteiger partial charge is 0.300 e. The lowest BCUT2D eigenvalue weighted by atomic mass is 9.99. The molecule has 1 unspecified atom stereocenters. The molecule has 1 fully saturated rings. The van der Waals surface area contributed by atoms with Crippen LogP contribution in [-0.4, -0.2) is 16.9 Å². The summed E-state index contributed by atoms with van der Waals surface area (Å²) in [5.74, 6) is 0.0239. The van der Waals surface area contributed by atoms with Gasteiger partial charge in [-0.15, -0.1) is 0 Å². The molecule has 1 aliphatic rings. The van der Waals surface area contributed by atoms with Gasteiger partial charge in [-0.05, 0) is 37.8 Å². The Morgan fingerprint density at radius 3 is 2.70 bits per heavy atom. The summed E-state index contributed by atoms with van der Waals surface area (Å²) in [4.78, 5) is 22.6. The number of nitro groups is 1. The lowest BCUT2D eigenvalue weighted by molar-refractivity contribution is -0.385. The first-order chi connectivity index (χ1) is 9.50. The molecular weight excluding hydrogens is 280 g/mol. The van der Waals surface area contributed by atoms with Crippen molar-refractivity contribution >= 4 is 23.2 Å². The van der Waals surface area contributed by atoms with Crippen LogP contribution in [0, 0.1) is 16.0 Å². The summed E-state index contributed by atoms with van der Waals surface area (Å²) < 4.78 is 0. The van der Waals surface area contributed by atoms with Gasteiger partial charge in [0, 0.05) is 6.04 Å². The van der Waals surface area contributed by atoms with Gasteiger partial charge in [0.05, 0.1) is 4.92 Å². The highest BCUT2D eigenvalue weighted by molar-refractivity contribution is 6.33. The summed E-state index contributed by atoms with van der Waals surface area (Å²) in [6.07, 6.45) is 4.56. The van der Waals surface area contributed by atoms with Gasteiger partial charge in [-0.25, -0.2) is 0 Å². The molecule has 0 bridgehead atoms. The Morgan fingerprint density at radius 1 is 1.45 bits per heavy atom. The van der Waals surface area contributed by atoms with Gasteiger partial charge in [0.2, 0.25) is 0 Å². The maximum Gasteiger partial charge on any atom is 0.300 e. The number of nitrogens with one attached hydrogen (secondary N) is 1. The van der Waals surface area contributed by atoms with E-state index in [4.69, 9.17) is 11.6 Å². The minimum Gasteiger partial charge on any atom is -0.349 e. The second-order valence-electron chi connectivity index (χ2n) is 5.20. The Bertz CT molecular complexity index is 527. The lowest BCUT2D eigenvalue weighted by Crippen LogP contribution is -2.37.